The molecule has 0 aliphatic carbocycles. The summed E-state index contributed by atoms with van der Waals surface area (Å²) >= 11 is 0. The standard InChI is InChI=1S/C19H18F2N2O3/c1-26-15-5-3-14(4-6-15)23-11-12(8-18(23)24)10-22-19(25)13-2-7-16(20)17(21)9-13/h2-7,9,12H,8,10-11H2,1H3,(H,22,25). The van der Waals surface area contributed by atoms with Crippen molar-refractivity contribution in [1.29, 1.82) is 0 Å². The maximum Gasteiger partial charge on any atom is 0.251 e. The van der Waals surface area contributed by atoms with Crippen molar-refractivity contribution in [2.24, 2.45) is 5.92 Å². The van der Waals surface area contributed by atoms with E-state index in [1.54, 1.807) is 36.3 Å². The topological polar surface area (TPSA) is 58.6 Å². The Morgan fingerprint density at radius 2 is 1.92 bits per heavy atom. The SMILES string of the molecule is COc1ccc(N2CC(CNC(=O)c3ccc(F)c(F)c3)CC2=O)cc1. The normalized spacial score (nSPS) is 16.7. The second kappa shape index (κ2) is 7.51. The first-order valence-electron chi connectivity index (χ1n) is 8.15. The van der Waals surface area contributed by atoms with Gasteiger partial charge in [0.25, 0.3) is 5.91 Å². The second-order valence-electron chi connectivity index (χ2n) is 6.11. The Morgan fingerprint density at radius 3 is 2.58 bits per heavy atom. The van der Waals surface area contributed by atoms with Crippen LogP contribution in [0.4, 0.5) is 14.5 Å². The lowest BCUT2D eigenvalue weighted by atomic mass is 10.1. The van der Waals surface area contributed by atoms with Crippen LogP contribution in [0, 0.1) is 17.6 Å². The van der Waals surface area contributed by atoms with Gasteiger partial charge >= 0.3 is 0 Å². The van der Waals surface area contributed by atoms with Crippen LogP contribution in [0.3, 0.4) is 0 Å². The summed E-state index contributed by atoms with van der Waals surface area (Å²) in [5.74, 6) is -1.95. The van der Waals surface area contributed by atoms with Gasteiger partial charge in [0.05, 0.1) is 7.11 Å². The zero-order valence-electron chi connectivity index (χ0n) is 14.2. The van der Waals surface area contributed by atoms with Gasteiger partial charge in [-0.2, -0.15) is 0 Å². The molecule has 0 saturated carbocycles. The van der Waals surface area contributed by atoms with Gasteiger partial charge < -0.3 is 15.0 Å². The predicted octanol–water partition coefficient (Wildman–Crippen LogP) is 2.76. The highest BCUT2D eigenvalue weighted by atomic mass is 19.2. The Kier molecular flexibility index (Phi) is 5.16. The average Bonchev–Trinajstić information content (AvgIpc) is 3.02. The fraction of sp³-hybridized carbons (Fsp3) is 0.263. The van der Waals surface area contributed by atoms with Crippen molar-refractivity contribution in [3.05, 3.63) is 59.7 Å². The third-order valence-corrected chi connectivity index (χ3v) is 4.32. The summed E-state index contributed by atoms with van der Waals surface area (Å²) in [6.07, 6.45) is 0.310. The second-order valence-corrected chi connectivity index (χ2v) is 6.11. The number of rotatable bonds is 5. The number of nitrogens with zero attached hydrogens (tertiary/aromatic N) is 1. The highest BCUT2D eigenvalue weighted by Gasteiger charge is 2.30. The molecule has 2 aromatic rings. The van der Waals surface area contributed by atoms with Crippen molar-refractivity contribution in [1.82, 2.24) is 5.32 Å². The molecule has 1 aliphatic rings. The molecular weight excluding hydrogens is 342 g/mol. The molecule has 0 radical (unpaired) electrons. The summed E-state index contributed by atoms with van der Waals surface area (Å²) in [6.45, 7) is 0.749. The summed E-state index contributed by atoms with van der Waals surface area (Å²) in [5, 5.41) is 2.67. The minimum absolute atomic E-state index is 0.0257. The first kappa shape index (κ1) is 17.8. The number of benzene rings is 2. The Bertz CT molecular complexity index is 824. The molecule has 1 atom stereocenters. The van der Waals surface area contributed by atoms with Gasteiger partial charge in [-0.25, -0.2) is 8.78 Å². The number of nitrogens with one attached hydrogen (secondary N) is 1. The van der Waals surface area contributed by atoms with Crippen LogP contribution in [0.2, 0.25) is 0 Å². The minimum atomic E-state index is -1.07. The van der Waals surface area contributed by atoms with Gasteiger partial charge in [-0.1, -0.05) is 0 Å². The van der Waals surface area contributed by atoms with Crippen molar-refractivity contribution >= 4 is 17.5 Å². The number of carbonyl (C=O) groups excluding carboxylic acids is 2. The van der Waals surface area contributed by atoms with Crippen molar-refractivity contribution in [3.8, 4) is 5.75 Å². The molecule has 136 valence electrons. The number of anilines is 1. The molecular formula is C19H18F2N2O3. The number of hydrogen-bond acceptors (Lipinski definition) is 3. The monoisotopic (exact) mass is 360 g/mol. The molecule has 0 bridgehead atoms. The lowest BCUT2D eigenvalue weighted by Gasteiger charge is -2.17. The summed E-state index contributed by atoms with van der Waals surface area (Å²) in [6, 6.07) is 10.2. The van der Waals surface area contributed by atoms with E-state index >= 15 is 0 Å². The van der Waals surface area contributed by atoms with Crippen molar-refractivity contribution in [2.75, 3.05) is 25.1 Å². The molecule has 5 nitrogen and oxygen atoms in total. The van der Waals surface area contributed by atoms with Crippen LogP contribution in [0.15, 0.2) is 42.5 Å². The third kappa shape index (κ3) is 3.82. The fourth-order valence-corrected chi connectivity index (χ4v) is 2.91. The Balaban J connectivity index is 1.58. The highest BCUT2D eigenvalue weighted by molar-refractivity contribution is 5.96. The molecule has 1 aliphatic heterocycles. The zero-order valence-corrected chi connectivity index (χ0v) is 14.2. The van der Waals surface area contributed by atoms with Crippen molar-refractivity contribution in [3.63, 3.8) is 0 Å². The molecule has 3 rings (SSSR count). The molecule has 1 heterocycles. The van der Waals surface area contributed by atoms with E-state index in [9.17, 15) is 18.4 Å². The van der Waals surface area contributed by atoms with Gasteiger partial charge in [-0.15, -0.1) is 0 Å². The fourth-order valence-electron chi connectivity index (χ4n) is 2.91. The molecule has 2 amide bonds. The lowest BCUT2D eigenvalue weighted by molar-refractivity contribution is -0.117. The number of methoxy groups -OCH3 is 1. The third-order valence-electron chi connectivity index (χ3n) is 4.32. The van der Waals surface area contributed by atoms with Crippen LogP contribution in [0.25, 0.3) is 0 Å². The van der Waals surface area contributed by atoms with Gasteiger partial charge in [-0.3, -0.25) is 9.59 Å². The molecule has 2 aromatic carbocycles. The van der Waals surface area contributed by atoms with E-state index in [1.165, 1.54) is 6.07 Å². The number of hydrogen-bond donors (Lipinski definition) is 1. The zero-order chi connectivity index (χ0) is 18.7. The summed E-state index contributed by atoms with van der Waals surface area (Å²) in [7, 11) is 1.57. The summed E-state index contributed by atoms with van der Waals surface area (Å²) in [4.78, 5) is 25.9. The van der Waals surface area contributed by atoms with Gasteiger partial charge in [0.2, 0.25) is 5.91 Å². The number of amides is 2. The maximum atomic E-state index is 13.2. The summed E-state index contributed by atoms with van der Waals surface area (Å²) < 4.78 is 31.2. The average molecular weight is 360 g/mol. The first-order chi connectivity index (χ1) is 12.5. The van der Waals surface area contributed by atoms with E-state index < -0.39 is 17.5 Å². The quantitative estimate of drug-likeness (QED) is 0.892. The molecule has 1 N–H and O–H groups in total. The molecule has 0 spiro atoms. The van der Waals surface area contributed by atoms with Crippen LogP contribution >= 0.6 is 0 Å². The van der Waals surface area contributed by atoms with Crippen LogP contribution in [-0.2, 0) is 4.79 Å². The number of carbonyl (C=O) groups is 2. The van der Waals surface area contributed by atoms with Gasteiger partial charge in [0, 0.05) is 36.7 Å². The van der Waals surface area contributed by atoms with Crippen molar-refractivity contribution < 1.29 is 23.1 Å². The Labute approximate surface area is 149 Å². The van der Waals surface area contributed by atoms with Crippen LogP contribution in [0.5, 0.6) is 5.75 Å². The van der Waals surface area contributed by atoms with E-state index in [0.717, 1.165) is 17.8 Å². The Morgan fingerprint density at radius 1 is 1.19 bits per heavy atom. The molecule has 1 fully saturated rings. The molecule has 7 heteroatoms. The molecule has 1 unspecified atom stereocenters. The van der Waals surface area contributed by atoms with E-state index in [-0.39, 0.29) is 23.9 Å². The first-order valence-corrected chi connectivity index (χ1v) is 8.15. The van der Waals surface area contributed by atoms with E-state index in [2.05, 4.69) is 5.32 Å². The van der Waals surface area contributed by atoms with Crippen LogP contribution in [0.1, 0.15) is 16.8 Å². The molecule has 0 aromatic heterocycles. The van der Waals surface area contributed by atoms with Crippen LogP contribution in [-0.4, -0.2) is 32.0 Å². The van der Waals surface area contributed by atoms with Gasteiger partial charge in [0.15, 0.2) is 11.6 Å². The predicted molar refractivity (Wildman–Crippen MR) is 92.1 cm³/mol. The number of ether oxygens (including phenoxy) is 1. The maximum absolute atomic E-state index is 13.2. The van der Waals surface area contributed by atoms with Crippen LogP contribution < -0.4 is 15.0 Å². The smallest absolute Gasteiger partial charge is 0.251 e. The lowest BCUT2D eigenvalue weighted by Crippen LogP contribution is -2.31. The molecule has 1 saturated heterocycles. The van der Waals surface area contributed by atoms with E-state index in [0.29, 0.717) is 18.7 Å². The minimum Gasteiger partial charge on any atom is -0.497 e. The van der Waals surface area contributed by atoms with E-state index in [1.807, 2.05) is 0 Å². The van der Waals surface area contributed by atoms with E-state index in [4.69, 9.17) is 4.74 Å². The number of halogens is 2. The highest BCUT2D eigenvalue weighted by Crippen LogP contribution is 2.26. The van der Waals surface area contributed by atoms with Gasteiger partial charge in [-0.05, 0) is 42.5 Å². The van der Waals surface area contributed by atoms with Gasteiger partial charge in [0.1, 0.15) is 5.75 Å². The largest absolute Gasteiger partial charge is 0.497 e. The summed E-state index contributed by atoms with van der Waals surface area (Å²) in [5.41, 5.74) is 0.811. The molecule has 26 heavy (non-hydrogen) atoms. The Hall–Kier alpha value is -2.96. The van der Waals surface area contributed by atoms with Crippen molar-refractivity contribution in [2.45, 2.75) is 6.42 Å².